The number of hydrogen-bond acceptors (Lipinski definition) is 4. The summed E-state index contributed by atoms with van der Waals surface area (Å²) in [5, 5.41) is 0. The third-order valence-electron chi connectivity index (χ3n) is 6.85. The molecule has 2 aliphatic heterocycles. The van der Waals surface area contributed by atoms with Crippen LogP contribution in [0.4, 0.5) is 0 Å². The summed E-state index contributed by atoms with van der Waals surface area (Å²) in [6, 6.07) is 16.6. The Labute approximate surface area is 176 Å². The van der Waals surface area contributed by atoms with E-state index in [1.807, 2.05) is 18.5 Å². The molecule has 0 aliphatic carbocycles. The van der Waals surface area contributed by atoms with Gasteiger partial charge in [0, 0.05) is 44.1 Å². The predicted molar refractivity (Wildman–Crippen MR) is 120 cm³/mol. The first-order chi connectivity index (χ1) is 14.3. The van der Waals surface area contributed by atoms with Crippen molar-refractivity contribution in [3.8, 4) is 0 Å². The summed E-state index contributed by atoms with van der Waals surface area (Å²) in [7, 11) is 2.33. The van der Waals surface area contributed by atoms with Crippen molar-refractivity contribution in [3.63, 3.8) is 0 Å². The van der Waals surface area contributed by atoms with Gasteiger partial charge in [0.2, 0.25) is 0 Å². The third-order valence-corrected chi connectivity index (χ3v) is 6.85. The lowest BCUT2D eigenvalue weighted by Gasteiger charge is -2.44. The molecule has 0 amide bonds. The molecule has 156 valence electrons. The minimum atomic E-state index is 0.709. The third kappa shape index (κ3) is 5.88. The molecule has 2 fully saturated rings. The van der Waals surface area contributed by atoms with Crippen molar-refractivity contribution in [1.29, 1.82) is 0 Å². The summed E-state index contributed by atoms with van der Waals surface area (Å²) < 4.78 is 0. The summed E-state index contributed by atoms with van der Waals surface area (Å²) in [4.78, 5) is 12.3. The average molecular weight is 393 g/mol. The topological polar surface area (TPSA) is 22.6 Å². The molecule has 4 rings (SSSR count). The zero-order valence-corrected chi connectivity index (χ0v) is 17.9. The number of likely N-dealkylation sites (tertiary alicyclic amines) is 2. The van der Waals surface area contributed by atoms with Gasteiger partial charge in [-0.05, 0) is 76.0 Å². The first kappa shape index (κ1) is 20.5. The number of likely N-dealkylation sites (N-methyl/N-ethyl adjacent to an activating group) is 1. The number of nitrogens with zero attached hydrogens (tertiary/aromatic N) is 4. The molecule has 0 spiro atoms. The fourth-order valence-corrected chi connectivity index (χ4v) is 5.00. The first-order valence-corrected chi connectivity index (χ1v) is 11.4. The fourth-order valence-electron chi connectivity index (χ4n) is 5.00. The highest BCUT2D eigenvalue weighted by molar-refractivity contribution is 5.15. The van der Waals surface area contributed by atoms with Crippen LogP contribution in [0.5, 0.6) is 0 Å². The number of hydrogen-bond donors (Lipinski definition) is 0. The quantitative estimate of drug-likeness (QED) is 0.717. The molecule has 0 radical (unpaired) electrons. The monoisotopic (exact) mass is 392 g/mol. The standard InChI is InChI=1S/C25H36N4/c1-27(16-11-22-7-3-2-4-8-22)25-10-6-15-29(21-25)24-12-17-28(18-13-24)20-23-9-5-14-26-19-23/h2-5,7-9,14,19,24-25H,6,10-13,15-18,20-21H2,1H3. The molecular formula is C25H36N4. The van der Waals surface area contributed by atoms with Gasteiger partial charge in [-0.2, -0.15) is 0 Å². The van der Waals surface area contributed by atoms with Crippen LogP contribution in [-0.2, 0) is 13.0 Å². The van der Waals surface area contributed by atoms with E-state index in [1.54, 1.807) is 0 Å². The lowest BCUT2D eigenvalue weighted by Crippen LogP contribution is -2.53. The second-order valence-corrected chi connectivity index (χ2v) is 8.88. The van der Waals surface area contributed by atoms with Gasteiger partial charge in [0.1, 0.15) is 0 Å². The van der Waals surface area contributed by atoms with Crippen LogP contribution >= 0.6 is 0 Å². The molecule has 3 heterocycles. The maximum absolute atomic E-state index is 4.26. The molecule has 1 aromatic carbocycles. The highest BCUT2D eigenvalue weighted by Gasteiger charge is 2.30. The predicted octanol–water partition coefficient (Wildman–Crippen LogP) is 3.68. The normalized spacial score (nSPS) is 22.2. The molecule has 2 aromatic rings. The second-order valence-electron chi connectivity index (χ2n) is 8.88. The number of aromatic nitrogens is 1. The van der Waals surface area contributed by atoms with E-state index in [2.05, 4.69) is 63.1 Å². The molecule has 1 unspecified atom stereocenters. The SMILES string of the molecule is CN(CCc1ccccc1)C1CCCN(C2CCN(Cc3cccnc3)CC2)C1. The summed E-state index contributed by atoms with van der Waals surface area (Å²) >= 11 is 0. The van der Waals surface area contributed by atoms with E-state index in [-0.39, 0.29) is 0 Å². The van der Waals surface area contributed by atoms with Crippen LogP contribution in [0, 0.1) is 0 Å². The first-order valence-electron chi connectivity index (χ1n) is 11.4. The van der Waals surface area contributed by atoms with Crippen LogP contribution in [0.1, 0.15) is 36.8 Å². The van der Waals surface area contributed by atoms with Crippen molar-refractivity contribution in [3.05, 3.63) is 66.0 Å². The van der Waals surface area contributed by atoms with E-state index < -0.39 is 0 Å². The molecule has 0 saturated carbocycles. The number of piperidine rings is 2. The summed E-state index contributed by atoms with van der Waals surface area (Å²) in [5.74, 6) is 0. The van der Waals surface area contributed by atoms with Gasteiger partial charge < -0.3 is 4.90 Å². The van der Waals surface area contributed by atoms with Crippen LogP contribution in [-0.4, -0.2) is 71.5 Å². The van der Waals surface area contributed by atoms with Crippen LogP contribution in [0.25, 0.3) is 0 Å². The Morgan fingerprint density at radius 1 is 0.966 bits per heavy atom. The highest BCUT2D eigenvalue weighted by Crippen LogP contribution is 2.24. The molecule has 0 bridgehead atoms. The molecule has 1 aromatic heterocycles. The van der Waals surface area contributed by atoms with E-state index in [9.17, 15) is 0 Å². The van der Waals surface area contributed by atoms with Crippen molar-refractivity contribution in [2.24, 2.45) is 0 Å². The molecule has 29 heavy (non-hydrogen) atoms. The van der Waals surface area contributed by atoms with Gasteiger partial charge >= 0.3 is 0 Å². The van der Waals surface area contributed by atoms with E-state index >= 15 is 0 Å². The van der Waals surface area contributed by atoms with Gasteiger partial charge in [-0.25, -0.2) is 0 Å². The summed E-state index contributed by atoms with van der Waals surface area (Å²) in [6.45, 7) is 7.17. The van der Waals surface area contributed by atoms with Gasteiger partial charge in [-0.3, -0.25) is 14.8 Å². The minimum absolute atomic E-state index is 0.709. The Hall–Kier alpha value is -1.75. The summed E-state index contributed by atoms with van der Waals surface area (Å²) in [6.07, 6.45) is 10.3. The van der Waals surface area contributed by atoms with Crippen molar-refractivity contribution in [1.82, 2.24) is 19.7 Å². The second kappa shape index (κ2) is 10.3. The van der Waals surface area contributed by atoms with Gasteiger partial charge in [0.15, 0.2) is 0 Å². The Balaban J connectivity index is 1.22. The van der Waals surface area contributed by atoms with Crippen LogP contribution < -0.4 is 0 Å². The maximum atomic E-state index is 4.26. The van der Waals surface area contributed by atoms with E-state index in [1.165, 1.54) is 63.0 Å². The zero-order chi connectivity index (χ0) is 19.9. The molecule has 4 heteroatoms. The van der Waals surface area contributed by atoms with Gasteiger partial charge in [0.25, 0.3) is 0 Å². The van der Waals surface area contributed by atoms with Gasteiger partial charge in [-0.15, -0.1) is 0 Å². The Bertz CT molecular complexity index is 712. The van der Waals surface area contributed by atoms with Crippen LogP contribution in [0.3, 0.4) is 0 Å². The molecule has 4 nitrogen and oxygen atoms in total. The minimum Gasteiger partial charge on any atom is -0.302 e. The number of benzene rings is 1. The zero-order valence-electron chi connectivity index (χ0n) is 17.9. The molecular weight excluding hydrogens is 356 g/mol. The number of pyridine rings is 1. The Morgan fingerprint density at radius 3 is 2.52 bits per heavy atom. The van der Waals surface area contributed by atoms with Crippen molar-refractivity contribution in [2.45, 2.75) is 50.7 Å². The molecule has 2 saturated heterocycles. The van der Waals surface area contributed by atoms with Crippen LogP contribution in [0.15, 0.2) is 54.9 Å². The fraction of sp³-hybridized carbons (Fsp3) is 0.560. The molecule has 2 aliphatic rings. The average Bonchev–Trinajstić information content (AvgIpc) is 2.79. The lowest BCUT2D eigenvalue weighted by atomic mass is 9.97. The Kier molecular flexibility index (Phi) is 7.31. The summed E-state index contributed by atoms with van der Waals surface area (Å²) in [5.41, 5.74) is 2.79. The lowest BCUT2D eigenvalue weighted by molar-refractivity contribution is 0.0507. The van der Waals surface area contributed by atoms with Gasteiger partial charge in [-0.1, -0.05) is 36.4 Å². The van der Waals surface area contributed by atoms with Gasteiger partial charge in [0.05, 0.1) is 0 Å². The maximum Gasteiger partial charge on any atom is 0.0312 e. The van der Waals surface area contributed by atoms with Crippen molar-refractivity contribution in [2.75, 3.05) is 39.8 Å². The van der Waals surface area contributed by atoms with Crippen molar-refractivity contribution < 1.29 is 0 Å². The van der Waals surface area contributed by atoms with Crippen molar-refractivity contribution >= 4 is 0 Å². The smallest absolute Gasteiger partial charge is 0.0312 e. The van der Waals surface area contributed by atoms with E-state index in [0.29, 0.717) is 6.04 Å². The Morgan fingerprint density at radius 2 is 1.76 bits per heavy atom. The largest absolute Gasteiger partial charge is 0.302 e. The molecule has 0 N–H and O–H groups in total. The van der Waals surface area contributed by atoms with E-state index in [0.717, 1.165) is 25.6 Å². The molecule has 1 atom stereocenters. The highest BCUT2D eigenvalue weighted by atomic mass is 15.2. The number of rotatable bonds is 7. The van der Waals surface area contributed by atoms with Crippen LogP contribution in [0.2, 0.25) is 0 Å². The van der Waals surface area contributed by atoms with E-state index in [4.69, 9.17) is 0 Å².